The van der Waals surface area contributed by atoms with E-state index in [1.54, 1.807) is 0 Å². The zero-order valence-corrected chi connectivity index (χ0v) is 26.9. The van der Waals surface area contributed by atoms with Crippen LogP contribution < -0.4 is 0 Å². The number of alkyl halides is 6. The van der Waals surface area contributed by atoms with E-state index in [4.69, 9.17) is 16.6 Å². The lowest BCUT2D eigenvalue weighted by Crippen LogP contribution is -2.12. The molecule has 0 spiro atoms. The Kier molecular flexibility index (Phi) is 16.0. The monoisotopic (exact) mass is 635 g/mol. The predicted molar refractivity (Wildman–Crippen MR) is 156 cm³/mol. The topological polar surface area (TPSA) is 97.2 Å². The summed E-state index contributed by atoms with van der Waals surface area (Å²) in [6.07, 6.45) is -1.07. The first kappa shape index (κ1) is 40.2. The second-order valence-corrected chi connectivity index (χ2v) is 9.93. The largest absolute Gasteiger partial charge is 0.435 e. The Labute approximate surface area is 254 Å². The molecule has 3 heterocycles. The third-order valence-electron chi connectivity index (χ3n) is 6.42. The van der Waals surface area contributed by atoms with E-state index in [-0.39, 0.29) is 30.9 Å². The van der Waals surface area contributed by atoms with Gasteiger partial charge >= 0.3 is 12.4 Å². The summed E-state index contributed by atoms with van der Waals surface area (Å²) in [5, 5.41) is 28.2. The highest BCUT2D eigenvalue weighted by Crippen LogP contribution is 2.31. The van der Waals surface area contributed by atoms with Crippen molar-refractivity contribution in [3.63, 3.8) is 0 Å². The Morgan fingerprint density at radius 3 is 1.73 bits per heavy atom. The number of aliphatic hydroxyl groups excluding tert-OH is 2. The molecule has 3 aromatic rings. The molecule has 0 fully saturated rings. The third-order valence-corrected chi connectivity index (χ3v) is 6.42. The highest BCUT2D eigenvalue weighted by Gasteiger charge is 2.36. The maximum atomic E-state index is 12.2. The molecule has 0 aromatic carbocycles. The van der Waals surface area contributed by atoms with Crippen LogP contribution in [0.4, 0.5) is 26.3 Å². The van der Waals surface area contributed by atoms with Crippen molar-refractivity contribution < 1.29 is 36.6 Å². The van der Waals surface area contributed by atoms with Crippen molar-refractivity contribution in [1.29, 1.82) is 0 Å². The lowest BCUT2D eigenvalue weighted by Gasteiger charge is -2.13. The first-order valence-corrected chi connectivity index (χ1v) is 13.3. The number of nitrogens with zero attached hydrogens (tertiary/aromatic N) is 7. The molecule has 9 nitrogen and oxygen atoms in total. The van der Waals surface area contributed by atoms with Crippen molar-refractivity contribution in [3.05, 3.63) is 63.1 Å². The van der Waals surface area contributed by atoms with Crippen molar-refractivity contribution in [3.8, 4) is 12.3 Å². The van der Waals surface area contributed by atoms with Crippen LogP contribution in [-0.4, -0.2) is 71.8 Å². The number of hydrogen-bond acceptors (Lipinski definition) is 6. The minimum absolute atomic E-state index is 0.0703. The summed E-state index contributed by atoms with van der Waals surface area (Å²) in [6, 6.07) is 0. The van der Waals surface area contributed by atoms with Gasteiger partial charge in [0.15, 0.2) is 5.69 Å². The van der Waals surface area contributed by atoms with Crippen LogP contribution in [0.2, 0.25) is 0 Å². The fraction of sp³-hybridized carbons (Fsp3) is 0.552. The van der Waals surface area contributed by atoms with Crippen LogP contribution in [0, 0.1) is 47.0 Å². The van der Waals surface area contributed by atoms with E-state index >= 15 is 0 Å². The van der Waals surface area contributed by atoms with E-state index < -0.39 is 23.7 Å². The average Bonchev–Trinajstić information content (AvgIpc) is 3.54. The van der Waals surface area contributed by atoms with E-state index in [0.717, 1.165) is 32.0 Å². The minimum atomic E-state index is -4.41. The minimum Gasteiger partial charge on any atom is -0.394 e. The Morgan fingerprint density at radius 1 is 0.909 bits per heavy atom. The number of aryl methyl sites for hydroxylation is 4. The van der Waals surface area contributed by atoms with Gasteiger partial charge in [-0.05, 0) is 65.2 Å². The van der Waals surface area contributed by atoms with Crippen LogP contribution in [0.1, 0.15) is 53.3 Å². The molecule has 3 rings (SSSR count). The molecule has 0 atom stereocenters. The number of terminal acetylenes is 1. The maximum absolute atomic E-state index is 12.2. The summed E-state index contributed by atoms with van der Waals surface area (Å²) in [4.78, 5) is 2.01. The summed E-state index contributed by atoms with van der Waals surface area (Å²) >= 11 is 0. The van der Waals surface area contributed by atoms with E-state index in [1.807, 2.05) is 58.3 Å². The molecule has 0 amide bonds. The highest BCUT2D eigenvalue weighted by atomic mass is 19.4. The molecule has 3 aromatic heterocycles. The lowest BCUT2D eigenvalue weighted by molar-refractivity contribution is -0.144. The number of aromatic nitrogens is 6. The Morgan fingerprint density at radius 2 is 1.45 bits per heavy atom. The van der Waals surface area contributed by atoms with Gasteiger partial charge in [0.2, 0.25) is 0 Å². The van der Waals surface area contributed by atoms with Gasteiger partial charge in [-0.25, -0.2) is 0 Å². The summed E-state index contributed by atoms with van der Waals surface area (Å²) < 4.78 is 76.5. The number of halogens is 6. The lowest BCUT2D eigenvalue weighted by atomic mass is 10.2. The van der Waals surface area contributed by atoms with Crippen LogP contribution in [-0.2, 0) is 32.5 Å². The molecular weight excluding hydrogens is 592 g/mol. The van der Waals surface area contributed by atoms with Crippen molar-refractivity contribution in [2.45, 2.75) is 73.9 Å². The van der Waals surface area contributed by atoms with Gasteiger partial charge in [-0.1, -0.05) is 5.92 Å². The van der Waals surface area contributed by atoms with E-state index in [9.17, 15) is 26.3 Å². The molecule has 0 unspecified atom stereocenters. The van der Waals surface area contributed by atoms with Crippen molar-refractivity contribution in [1.82, 2.24) is 34.2 Å². The fourth-order valence-corrected chi connectivity index (χ4v) is 3.51. The first-order chi connectivity index (χ1) is 20.1. The number of hydrogen-bond donors (Lipinski definition) is 2. The van der Waals surface area contributed by atoms with Gasteiger partial charge in [-0.15, -0.1) is 6.42 Å². The molecule has 0 aliphatic heterocycles. The molecule has 0 saturated heterocycles. The normalized spacial score (nSPS) is 11.7. The molecule has 248 valence electrons. The van der Waals surface area contributed by atoms with Crippen LogP contribution >= 0.6 is 0 Å². The Hall–Kier alpha value is -3.77. The second-order valence-electron chi connectivity index (χ2n) is 9.93. The van der Waals surface area contributed by atoms with Gasteiger partial charge in [0, 0.05) is 44.3 Å². The Balaban J connectivity index is 0.000000565. The van der Waals surface area contributed by atoms with E-state index in [2.05, 4.69) is 21.2 Å². The number of rotatable bonds is 5. The molecule has 0 saturated carbocycles. The predicted octanol–water partition coefficient (Wildman–Crippen LogP) is 5.23. The second kappa shape index (κ2) is 17.5. The van der Waals surface area contributed by atoms with Crippen LogP contribution in [0.15, 0.2) is 23.7 Å². The molecule has 0 aliphatic rings. The summed E-state index contributed by atoms with van der Waals surface area (Å²) in [7, 11) is 5.24. The summed E-state index contributed by atoms with van der Waals surface area (Å²) in [6.45, 7) is 13.3. The van der Waals surface area contributed by atoms with Gasteiger partial charge in [0.05, 0.1) is 38.2 Å². The summed E-state index contributed by atoms with van der Waals surface area (Å²) in [5.41, 5.74) is 4.22. The number of allylic oxidation sites excluding steroid dienone is 2. The molecule has 2 N–H and O–H groups in total. The van der Waals surface area contributed by atoms with E-state index in [0.29, 0.717) is 6.54 Å². The van der Waals surface area contributed by atoms with Gasteiger partial charge in [0.25, 0.3) is 0 Å². The Bertz CT molecular complexity index is 1370. The molecule has 0 radical (unpaired) electrons. The molecular formula is C29H43F6N7O2. The van der Waals surface area contributed by atoms with E-state index in [1.165, 1.54) is 38.9 Å². The van der Waals surface area contributed by atoms with Crippen LogP contribution in [0.25, 0.3) is 0 Å². The van der Waals surface area contributed by atoms with Gasteiger partial charge < -0.3 is 15.1 Å². The SMILES string of the molecule is C#C/C(C)=C(/C)N(C)C.Cc1cn(CCO)nc1C(F)(F)F.Cc1cnn(C)c1C(F)(F)F.Cc1nn(CCO)c(C)c1C. The zero-order valence-electron chi connectivity index (χ0n) is 26.9. The molecule has 15 heteroatoms. The van der Waals surface area contributed by atoms with Crippen LogP contribution in [0.5, 0.6) is 0 Å². The van der Waals surface area contributed by atoms with Gasteiger partial charge in [-0.2, -0.15) is 41.6 Å². The van der Waals surface area contributed by atoms with Gasteiger partial charge in [-0.3, -0.25) is 14.0 Å². The van der Waals surface area contributed by atoms with Crippen molar-refractivity contribution in [2.75, 3.05) is 27.3 Å². The first-order valence-electron chi connectivity index (χ1n) is 13.3. The van der Waals surface area contributed by atoms with Crippen LogP contribution in [0.3, 0.4) is 0 Å². The molecule has 44 heavy (non-hydrogen) atoms. The molecule has 0 bridgehead atoms. The molecule has 0 aliphatic carbocycles. The standard InChI is InChI=1S/C8H14N2O.C8H13N.C7H9F3N2O.C6H7F3N2/c1-6-7(2)9-10(4-5-11)8(6)3;1-6-7(2)8(3)9(4)5;1-5-4-12(2-3-13)11-6(5)7(8,9)10;1-4-3-10-11(2)5(4)6(7,8)9/h11H,4-5H2,1-3H3;1H,2-5H3;4,13H,2-3H2,1H3;3H,1-2H3/b;8-7-;;. The number of aliphatic hydroxyl groups is 2. The highest BCUT2D eigenvalue weighted by molar-refractivity contribution is 5.27. The maximum Gasteiger partial charge on any atom is 0.435 e. The smallest absolute Gasteiger partial charge is 0.394 e. The quantitative estimate of drug-likeness (QED) is 0.295. The van der Waals surface area contributed by atoms with Crippen molar-refractivity contribution in [2.24, 2.45) is 7.05 Å². The van der Waals surface area contributed by atoms with Gasteiger partial charge in [0.1, 0.15) is 5.69 Å². The summed E-state index contributed by atoms with van der Waals surface area (Å²) in [5.74, 6) is 2.58. The average molecular weight is 636 g/mol. The fourth-order valence-electron chi connectivity index (χ4n) is 3.51. The third kappa shape index (κ3) is 12.5. The zero-order chi connectivity index (χ0) is 34.6. The van der Waals surface area contributed by atoms with Crippen molar-refractivity contribution >= 4 is 0 Å².